The molecule has 2 saturated carbocycles. The molecule has 0 bridgehead atoms. The molecule has 0 unspecified atom stereocenters. The zero-order valence-electron chi connectivity index (χ0n) is 19.8. The SMILES string of the molecule is O=C(Nc1cccn(C2CC(F)(F)C2)c1=O)c1ccc(S(=O)(=O)CCO)cc1N1CCC2(CC1)CC2. The highest BCUT2D eigenvalue weighted by atomic mass is 32.2. The lowest BCUT2D eigenvalue weighted by atomic mass is 9.88. The van der Waals surface area contributed by atoms with Gasteiger partial charge >= 0.3 is 0 Å². The van der Waals surface area contributed by atoms with E-state index >= 15 is 0 Å². The smallest absolute Gasteiger partial charge is 0.274 e. The second-order valence-electron chi connectivity index (χ2n) is 10.2. The Morgan fingerprint density at radius 2 is 1.81 bits per heavy atom. The highest BCUT2D eigenvalue weighted by Gasteiger charge is 2.47. The number of carbonyl (C=O) groups excluding carboxylic acids is 1. The Morgan fingerprint density at radius 3 is 2.42 bits per heavy atom. The van der Waals surface area contributed by atoms with E-state index in [1.165, 1.54) is 53.9 Å². The van der Waals surface area contributed by atoms with Crippen molar-refractivity contribution >= 4 is 27.1 Å². The van der Waals surface area contributed by atoms with Crippen molar-refractivity contribution in [3.05, 3.63) is 52.4 Å². The number of nitrogens with one attached hydrogen (secondary N) is 1. The van der Waals surface area contributed by atoms with Crippen molar-refractivity contribution in [2.24, 2.45) is 5.41 Å². The number of hydrogen-bond donors (Lipinski definition) is 2. The molecule has 5 rings (SSSR count). The molecule has 1 aromatic heterocycles. The van der Waals surface area contributed by atoms with Crippen molar-refractivity contribution in [2.75, 3.05) is 35.7 Å². The van der Waals surface area contributed by atoms with Gasteiger partial charge < -0.3 is 19.9 Å². The summed E-state index contributed by atoms with van der Waals surface area (Å²) in [4.78, 5) is 28.2. The van der Waals surface area contributed by atoms with Crippen molar-refractivity contribution in [1.29, 1.82) is 0 Å². The summed E-state index contributed by atoms with van der Waals surface area (Å²) in [6.07, 6.45) is 4.88. The monoisotopic (exact) mass is 521 g/mol. The molecule has 1 saturated heterocycles. The van der Waals surface area contributed by atoms with Gasteiger partial charge in [-0.05, 0) is 61.4 Å². The van der Waals surface area contributed by atoms with E-state index in [9.17, 15) is 26.8 Å². The number of sulfone groups is 1. The lowest BCUT2D eigenvalue weighted by Crippen LogP contribution is -2.41. The predicted octanol–water partition coefficient (Wildman–Crippen LogP) is 3.22. The molecule has 194 valence electrons. The molecule has 1 amide bonds. The van der Waals surface area contributed by atoms with Gasteiger partial charge in [0.2, 0.25) is 0 Å². The number of anilines is 2. The van der Waals surface area contributed by atoms with Crippen molar-refractivity contribution in [3.8, 4) is 0 Å². The number of hydrogen-bond acceptors (Lipinski definition) is 6. The maximum Gasteiger partial charge on any atom is 0.274 e. The quantitative estimate of drug-likeness (QED) is 0.579. The number of pyridine rings is 1. The molecule has 1 spiro atoms. The van der Waals surface area contributed by atoms with Crippen LogP contribution in [-0.2, 0) is 9.84 Å². The van der Waals surface area contributed by atoms with Crippen LogP contribution in [0.5, 0.6) is 0 Å². The van der Waals surface area contributed by atoms with Crippen LogP contribution in [0.25, 0.3) is 0 Å². The Kier molecular flexibility index (Phi) is 6.19. The Labute approximate surface area is 207 Å². The number of benzene rings is 1. The highest BCUT2D eigenvalue weighted by molar-refractivity contribution is 7.91. The highest BCUT2D eigenvalue weighted by Crippen LogP contribution is 2.54. The van der Waals surface area contributed by atoms with E-state index in [0.29, 0.717) is 24.2 Å². The average Bonchev–Trinajstić information content (AvgIpc) is 3.57. The first-order valence-electron chi connectivity index (χ1n) is 12.2. The zero-order valence-corrected chi connectivity index (χ0v) is 20.6. The minimum absolute atomic E-state index is 0.0165. The minimum Gasteiger partial charge on any atom is -0.395 e. The molecule has 2 aliphatic carbocycles. The van der Waals surface area contributed by atoms with Crippen LogP contribution in [0.15, 0.2) is 46.2 Å². The van der Waals surface area contributed by atoms with E-state index in [2.05, 4.69) is 5.32 Å². The van der Waals surface area contributed by atoms with Gasteiger partial charge in [0, 0.05) is 38.2 Å². The third-order valence-electron chi connectivity index (χ3n) is 7.74. The Morgan fingerprint density at radius 1 is 1.11 bits per heavy atom. The summed E-state index contributed by atoms with van der Waals surface area (Å²) < 4.78 is 53.1. The van der Waals surface area contributed by atoms with Gasteiger partial charge in [0.25, 0.3) is 17.4 Å². The molecule has 36 heavy (non-hydrogen) atoms. The molecule has 1 aromatic carbocycles. The number of rotatable bonds is 7. The van der Waals surface area contributed by atoms with Gasteiger partial charge in [-0.3, -0.25) is 9.59 Å². The summed E-state index contributed by atoms with van der Waals surface area (Å²) in [6.45, 7) is 0.842. The normalized spacial score (nSPS) is 20.7. The Bertz CT molecular complexity index is 1340. The molecule has 0 atom stereocenters. The van der Waals surface area contributed by atoms with Crippen LogP contribution in [-0.4, -0.2) is 55.4 Å². The number of aromatic nitrogens is 1. The van der Waals surface area contributed by atoms with Gasteiger partial charge in [-0.1, -0.05) is 0 Å². The fourth-order valence-corrected chi connectivity index (χ4v) is 6.25. The molecule has 3 aliphatic rings. The molecular formula is C25H29F2N3O5S. The van der Waals surface area contributed by atoms with Crippen molar-refractivity contribution < 1.29 is 27.1 Å². The van der Waals surface area contributed by atoms with Gasteiger partial charge in [-0.15, -0.1) is 0 Å². The van der Waals surface area contributed by atoms with E-state index < -0.39 is 58.5 Å². The number of amides is 1. The first kappa shape index (κ1) is 24.9. The van der Waals surface area contributed by atoms with E-state index in [4.69, 9.17) is 5.11 Å². The molecule has 2 aromatic rings. The van der Waals surface area contributed by atoms with Gasteiger partial charge in [-0.25, -0.2) is 17.2 Å². The third-order valence-corrected chi connectivity index (χ3v) is 9.43. The number of alkyl halides is 2. The zero-order chi connectivity index (χ0) is 25.7. The van der Waals surface area contributed by atoms with Gasteiger partial charge in [0.1, 0.15) is 5.69 Å². The molecule has 0 radical (unpaired) electrons. The van der Waals surface area contributed by atoms with E-state index in [1.54, 1.807) is 0 Å². The maximum absolute atomic E-state index is 13.3. The molecule has 8 nitrogen and oxygen atoms in total. The number of nitrogens with zero attached hydrogens (tertiary/aromatic N) is 2. The van der Waals surface area contributed by atoms with E-state index in [-0.39, 0.29) is 16.1 Å². The second kappa shape index (κ2) is 8.95. The lowest BCUT2D eigenvalue weighted by Gasteiger charge is -2.36. The van der Waals surface area contributed by atoms with Crippen LogP contribution in [0.1, 0.15) is 54.9 Å². The molecule has 11 heteroatoms. The number of carbonyl (C=O) groups is 1. The van der Waals surface area contributed by atoms with Crippen LogP contribution in [0, 0.1) is 5.41 Å². The van der Waals surface area contributed by atoms with Crippen LogP contribution >= 0.6 is 0 Å². The minimum atomic E-state index is -3.73. The lowest BCUT2D eigenvalue weighted by molar-refractivity contribution is -0.104. The van der Waals surface area contributed by atoms with Gasteiger partial charge in [-0.2, -0.15) is 0 Å². The van der Waals surface area contributed by atoms with Gasteiger partial charge in [0.15, 0.2) is 9.84 Å². The van der Waals surface area contributed by atoms with Crippen LogP contribution in [0.3, 0.4) is 0 Å². The Balaban J connectivity index is 1.44. The summed E-state index contributed by atoms with van der Waals surface area (Å²) in [7, 11) is -3.73. The van der Waals surface area contributed by atoms with Crippen molar-refractivity contribution in [1.82, 2.24) is 4.57 Å². The fourth-order valence-electron chi connectivity index (χ4n) is 5.20. The predicted molar refractivity (Wildman–Crippen MR) is 131 cm³/mol. The number of halogens is 2. The van der Waals surface area contributed by atoms with Gasteiger partial charge in [0.05, 0.1) is 28.5 Å². The summed E-state index contributed by atoms with van der Waals surface area (Å²) in [5, 5.41) is 11.8. The molecule has 1 aliphatic heterocycles. The van der Waals surface area contributed by atoms with E-state index in [1.807, 2.05) is 4.90 Å². The third kappa shape index (κ3) is 4.78. The number of aliphatic hydroxyl groups excluding tert-OH is 1. The number of aliphatic hydroxyl groups is 1. The average molecular weight is 522 g/mol. The van der Waals surface area contributed by atoms with Crippen molar-refractivity contribution in [2.45, 2.75) is 55.4 Å². The fraction of sp³-hybridized carbons (Fsp3) is 0.520. The summed E-state index contributed by atoms with van der Waals surface area (Å²) >= 11 is 0. The van der Waals surface area contributed by atoms with Crippen molar-refractivity contribution in [3.63, 3.8) is 0 Å². The Hall–Kier alpha value is -2.79. The standard InChI is InChI=1S/C25H29F2N3O5S/c26-25(27)15-17(16-25)30-9-1-2-20(23(30)33)28-22(32)19-4-3-18(36(34,35)13-12-31)14-21(19)29-10-7-24(5-6-24)8-11-29/h1-4,9,14,17,31H,5-8,10-13,15-16H2,(H,28,32). The molecule has 2 N–H and O–H groups in total. The molecule has 2 heterocycles. The summed E-state index contributed by atoms with van der Waals surface area (Å²) in [6, 6.07) is 6.53. The second-order valence-corrected chi connectivity index (χ2v) is 12.3. The van der Waals surface area contributed by atoms with Crippen LogP contribution in [0.2, 0.25) is 0 Å². The molecule has 3 fully saturated rings. The summed E-state index contributed by atoms with van der Waals surface area (Å²) in [5.74, 6) is -3.80. The first-order valence-corrected chi connectivity index (χ1v) is 13.8. The van der Waals surface area contributed by atoms with E-state index in [0.717, 1.165) is 12.8 Å². The first-order chi connectivity index (χ1) is 17.0. The number of piperidine rings is 1. The maximum atomic E-state index is 13.3. The van der Waals surface area contributed by atoms with Crippen LogP contribution < -0.4 is 15.8 Å². The summed E-state index contributed by atoms with van der Waals surface area (Å²) in [5.41, 5.74) is 0.443. The largest absolute Gasteiger partial charge is 0.395 e. The topological polar surface area (TPSA) is 109 Å². The van der Waals surface area contributed by atoms with Crippen LogP contribution in [0.4, 0.5) is 20.2 Å². The molecular weight excluding hydrogens is 492 g/mol.